The van der Waals surface area contributed by atoms with Gasteiger partial charge in [0.1, 0.15) is 17.7 Å². The molecular formula is C23H29FO4. The summed E-state index contributed by atoms with van der Waals surface area (Å²) in [4.78, 5) is 0. The molecule has 28 heavy (non-hydrogen) atoms. The first kappa shape index (κ1) is 20.8. The van der Waals surface area contributed by atoms with Gasteiger partial charge in [0.15, 0.2) is 0 Å². The summed E-state index contributed by atoms with van der Waals surface area (Å²) >= 11 is 0. The average Bonchev–Trinajstić information content (AvgIpc) is 2.66. The Labute approximate surface area is 165 Å². The molecule has 152 valence electrons. The number of aliphatic hydroxyl groups is 2. The summed E-state index contributed by atoms with van der Waals surface area (Å²) in [6.07, 6.45) is -1.27. The van der Waals surface area contributed by atoms with Crippen LogP contribution in [0.25, 0.3) is 11.1 Å². The molecule has 0 saturated carbocycles. The van der Waals surface area contributed by atoms with E-state index >= 15 is 0 Å². The first-order valence-electron chi connectivity index (χ1n) is 9.82. The number of hydrogen-bond donors (Lipinski definition) is 2. The Hall–Kier alpha value is -1.95. The highest BCUT2D eigenvalue weighted by atomic mass is 19.1. The number of hydrogen-bond acceptors (Lipinski definition) is 4. The molecule has 1 saturated heterocycles. The molecule has 1 fully saturated rings. The lowest BCUT2D eigenvalue weighted by Crippen LogP contribution is -2.59. The van der Waals surface area contributed by atoms with Gasteiger partial charge in [-0.3, -0.25) is 0 Å². The molecule has 0 bridgehead atoms. The molecule has 3 rings (SSSR count). The highest BCUT2D eigenvalue weighted by Gasteiger charge is 2.47. The lowest BCUT2D eigenvalue weighted by atomic mass is 9.82. The van der Waals surface area contributed by atoms with Gasteiger partial charge in [0.05, 0.1) is 11.7 Å². The fraction of sp³-hybridized carbons (Fsp3) is 0.478. The Kier molecular flexibility index (Phi) is 6.08. The van der Waals surface area contributed by atoms with Gasteiger partial charge in [-0.1, -0.05) is 38.5 Å². The summed E-state index contributed by atoms with van der Waals surface area (Å²) in [5.74, 6) is -0.0333. The van der Waals surface area contributed by atoms with Gasteiger partial charge in [-0.15, -0.1) is 0 Å². The van der Waals surface area contributed by atoms with Crippen LogP contribution in [0.15, 0.2) is 42.5 Å². The van der Waals surface area contributed by atoms with Crippen molar-refractivity contribution >= 4 is 0 Å². The van der Waals surface area contributed by atoms with Crippen molar-refractivity contribution < 1.29 is 24.1 Å². The Morgan fingerprint density at radius 1 is 1.11 bits per heavy atom. The standard InChI is InChI=1S/C23H29FO4/c1-5-7-15-10-11-18(13-19(15)16-8-6-9-17(24)12-16)27-22-21(26)20(25)14(2)23(3,4)28-22/h6,8-14,20-22,25-26H,5,7H2,1-4H3/t14-,20-,21-,22+/m1/s1. The number of aliphatic hydroxyl groups excluding tert-OH is 2. The van der Waals surface area contributed by atoms with Crippen LogP contribution >= 0.6 is 0 Å². The molecule has 2 aromatic rings. The van der Waals surface area contributed by atoms with Gasteiger partial charge in [0, 0.05) is 5.92 Å². The van der Waals surface area contributed by atoms with Crippen LogP contribution in [-0.4, -0.2) is 34.3 Å². The van der Waals surface area contributed by atoms with Crippen molar-refractivity contribution in [3.63, 3.8) is 0 Å². The highest BCUT2D eigenvalue weighted by molar-refractivity contribution is 5.69. The van der Waals surface area contributed by atoms with E-state index in [1.807, 2.05) is 45.0 Å². The third kappa shape index (κ3) is 4.22. The van der Waals surface area contributed by atoms with Crippen molar-refractivity contribution in [2.24, 2.45) is 5.92 Å². The number of ether oxygens (including phenoxy) is 2. The summed E-state index contributed by atoms with van der Waals surface area (Å²) in [6, 6.07) is 12.1. The Bertz CT molecular complexity index is 820. The minimum Gasteiger partial charge on any atom is -0.462 e. The third-order valence-electron chi connectivity index (χ3n) is 5.65. The van der Waals surface area contributed by atoms with Gasteiger partial charge in [-0.05, 0) is 61.2 Å². The number of aryl methyl sites for hydroxylation is 1. The first-order chi connectivity index (χ1) is 13.2. The van der Waals surface area contributed by atoms with Crippen LogP contribution in [0.4, 0.5) is 4.39 Å². The van der Waals surface area contributed by atoms with Crippen molar-refractivity contribution in [1.82, 2.24) is 0 Å². The normalized spacial score (nSPS) is 26.8. The molecule has 0 aromatic heterocycles. The van der Waals surface area contributed by atoms with Gasteiger partial charge in [-0.2, -0.15) is 0 Å². The SMILES string of the molecule is CCCc1ccc(O[C@H]2OC(C)(C)[C@H](C)[C@@H](O)[C@H]2O)cc1-c1cccc(F)c1. The van der Waals surface area contributed by atoms with Crippen LogP contribution in [0.3, 0.4) is 0 Å². The first-order valence-corrected chi connectivity index (χ1v) is 9.82. The summed E-state index contributed by atoms with van der Waals surface area (Å²) in [6.45, 7) is 7.67. The lowest BCUT2D eigenvalue weighted by Gasteiger charge is -2.46. The van der Waals surface area contributed by atoms with E-state index in [1.165, 1.54) is 12.1 Å². The molecule has 0 amide bonds. The monoisotopic (exact) mass is 388 g/mol. The Balaban J connectivity index is 1.92. The Morgan fingerprint density at radius 2 is 1.86 bits per heavy atom. The number of rotatable bonds is 5. The van der Waals surface area contributed by atoms with Crippen LogP contribution in [0.5, 0.6) is 5.75 Å². The molecular weight excluding hydrogens is 359 g/mol. The maximum atomic E-state index is 13.7. The molecule has 4 nitrogen and oxygen atoms in total. The number of halogens is 1. The van der Waals surface area contributed by atoms with Gasteiger partial charge >= 0.3 is 0 Å². The van der Waals surface area contributed by atoms with Gasteiger partial charge < -0.3 is 19.7 Å². The number of benzene rings is 2. The smallest absolute Gasteiger partial charge is 0.229 e. The van der Waals surface area contributed by atoms with Crippen LogP contribution in [-0.2, 0) is 11.2 Å². The third-order valence-corrected chi connectivity index (χ3v) is 5.65. The lowest BCUT2D eigenvalue weighted by molar-refractivity contribution is -0.284. The molecule has 4 atom stereocenters. The van der Waals surface area contributed by atoms with Crippen molar-refractivity contribution in [1.29, 1.82) is 0 Å². The second-order valence-electron chi connectivity index (χ2n) is 8.06. The molecule has 1 heterocycles. The molecule has 0 spiro atoms. The van der Waals surface area contributed by atoms with E-state index in [4.69, 9.17) is 9.47 Å². The maximum absolute atomic E-state index is 13.7. The zero-order valence-electron chi connectivity index (χ0n) is 16.9. The average molecular weight is 388 g/mol. The predicted octanol–water partition coefficient (Wildman–Crippen LogP) is 4.32. The van der Waals surface area contributed by atoms with Crippen LogP contribution in [0.1, 0.15) is 39.7 Å². The maximum Gasteiger partial charge on any atom is 0.229 e. The molecule has 2 N–H and O–H groups in total. The van der Waals surface area contributed by atoms with Crippen LogP contribution in [0, 0.1) is 11.7 Å². The van der Waals surface area contributed by atoms with Crippen molar-refractivity contribution in [3.8, 4) is 16.9 Å². The van der Waals surface area contributed by atoms with Crippen LogP contribution in [0.2, 0.25) is 0 Å². The van der Waals surface area contributed by atoms with Crippen LogP contribution < -0.4 is 4.74 Å². The van der Waals surface area contributed by atoms with Crippen molar-refractivity contribution in [2.45, 2.75) is 64.6 Å². The highest BCUT2D eigenvalue weighted by Crippen LogP contribution is 2.36. The summed E-state index contributed by atoms with van der Waals surface area (Å²) in [5.41, 5.74) is 2.11. The molecule has 0 aliphatic carbocycles. The van der Waals surface area contributed by atoms with E-state index in [0.717, 1.165) is 29.5 Å². The Morgan fingerprint density at radius 3 is 2.54 bits per heavy atom. The van der Waals surface area contributed by atoms with E-state index < -0.39 is 24.1 Å². The molecule has 2 aromatic carbocycles. The predicted molar refractivity (Wildman–Crippen MR) is 107 cm³/mol. The molecule has 1 aliphatic heterocycles. The minimum absolute atomic E-state index is 0.239. The fourth-order valence-corrected chi connectivity index (χ4v) is 3.61. The van der Waals surface area contributed by atoms with E-state index in [2.05, 4.69) is 6.92 Å². The molecule has 1 aliphatic rings. The molecule has 0 unspecified atom stereocenters. The van der Waals surface area contributed by atoms with E-state index in [0.29, 0.717) is 5.75 Å². The second kappa shape index (κ2) is 8.19. The van der Waals surface area contributed by atoms with Gasteiger partial charge in [-0.25, -0.2) is 4.39 Å². The quantitative estimate of drug-likeness (QED) is 0.801. The van der Waals surface area contributed by atoms with Crippen molar-refractivity contribution in [3.05, 3.63) is 53.8 Å². The topological polar surface area (TPSA) is 58.9 Å². The van der Waals surface area contributed by atoms with E-state index in [9.17, 15) is 14.6 Å². The fourth-order valence-electron chi connectivity index (χ4n) is 3.61. The minimum atomic E-state index is -1.16. The molecule has 5 heteroatoms. The summed E-state index contributed by atoms with van der Waals surface area (Å²) < 4.78 is 25.6. The van der Waals surface area contributed by atoms with Gasteiger partial charge in [0.25, 0.3) is 0 Å². The molecule has 0 radical (unpaired) electrons. The van der Waals surface area contributed by atoms with E-state index in [1.54, 1.807) is 6.07 Å². The zero-order chi connectivity index (χ0) is 20.5. The summed E-state index contributed by atoms with van der Waals surface area (Å²) in [5, 5.41) is 20.8. The second-order valence-corrected chi connectivity index (χ2v) is 8.06. The largest absolute Gasteiger partial charge is 0.462 e. The zero-order valence-corrected chi connectivity index (χ0v) is 16.9. The van der Waals surface area contributed by atoms with E-state index in [-0.39, 0.29) is 11.7 Å². The van der Waals surface area contributed by atoms with Crippen molar-refractivity contribution in [2.75, 3.05) is 0 Å². The van der Waals surface area contributed by atoms with Gasteiger partial charge in [0.2, 0.25) is 6.29 Å². The summed E-state index contributed by atoms with van der Waals surface area (Å²) in [7, 11) is 0.